The Hall–Kier alpha value is -0.630. The molecule has 1 fully saturated rings. The topological polar surface area (TPSA) is 20.3 Å². The van der Waals surface area contributed by atoms with Crippen molar-refractivity contribution in [2.24, 2.45) is 0 Å². The van der Waals surface area contributed by atoms with Crippen LogP contribution in [0.3, 0.4) is 0 Å². The van der Waals surface area contributed by atoms with Crippen molar-refractivity contribution in [3.8, 4) is 0 Å². The molecule has 2 nitrogen and oxygen atoms in total. The summed E-state index contributed by atoms with van der Waals surface area (Å²) < 4.78 is 0. The fourth-order valence-corrected chi connectivity index (χ4v) is 1.78. The maximum atomic E-state index is 11.1. The first-order valence-corrected chi connectivity index (χ1v) is 3.82. The Balaban J connectivity index is 2.20. The first kappa shape index (κ1) is 6.10. The van der Waals surface area contributed by atoms with Gasteiger partial charge in [0.1, 0.15) is 0 Å². The van der Waals surface area contributed by atoms with Crippen LogP contribution in [0.25, 0.3) is 0 Å². The van der Waals surface area contributed by atoms with Gasteiger partial charge in [0, 0.05) is 6.54 Å². The van der Waals surface area contributed by atoms with Gasteiger partial charge in [-0.05, 0) is 25.5 Å². The van der Waals surface area contributed by atoms with E-state index in [0.717, 1.165) is 19.5 Å². The van der Waals surface area contributed by atoms with E-state index in [1.807, 2.05) is 6.08 Å². The molecule has 0 saturated carbocycles. The molecule has 2 aliphatic heterocycles. The summed E-state index contributed by atoms with van der Waals surface area (Å²) in [6.45, 7) is 2.09. The summed E-state index contributed by atoms with van der Waals surface area (Å²) in [7, 11) is 0. The molecule has 1 atom stereocenters. The predicted molar refractivity (Wildman–Crippen MR) is 38.7 cm³/mol. The highest BCUT2D eigenvalue weighted by Crippen LogP contribution is 2.20. The number of carbonyl (C=O) groups is 1. The standard InChI is InChI=1S/C8H11NO/c10-8-4-2-6-9-5-1-3-7(8)9/h2,4,7H,1,3,5-6H2/t7-/m1/s1. The Morgan fingerprint density at radius 1 is 1.60 bits per heavy atom. The molecule has 2 heterocycles. The predicted octanol–water partition coefficient (Wildman–Crippen LogP) is 0.590. The van der Waals surface area contributed by atoms with E-state index in [2.05, 4.69) is 4.90 Å². The third kappa shape index (κ3) is 0.797. The summed E-state index contributed by atoms with van der Waals surface area (Å²) in [5.41, 5.74) is 0. The molecule has 0 aromatic rings. The SMILES string of the molecule is O=C1C=CCN2CCC[C@H]12. The van der Waals surface area contributed by atoms with Crippen LogP contribution in [0.4, 0.5) is 0 Å². The largest absolute Gasteiger partial charge is 0.293 e. The number of rotatable bonds is 0. The van der Waals surface area contributed by atoms with Gasteiger partial charge in [-0.3, -0.25) is 9.69 Å². The molecular formula is C8H11NO. The van der Waals surface area contributed by atoms with Gasteiger partial charge in [0.15, 0.2) is 5.78 Å². The fraction of sp³-hybridized carbons (Fsp3) is 0.625. The summed E-state index contributed by atoms with van der Waals surface area (Å²) in [5, 5.41) is 0. The van der Waals surface area contributed by atoms with E-state index >= 15 is 0 Å². The Labute approximate surface area is 60.5 Å². The average Bonchev–Trinajstić information content (AvgIpc) is 2.36. The number of hydrogen-bond donors (Lipinski definition) is 0. The zero-order valence-corrected chi connectivity index (χ0v) is 5.92. The molecule has 10 heavy (non-hydrogen) atoms. The van der Waals surface area contributed by atoms with E-state index < -0.39 is 0 Å². The lowest BCUT2D eigenvalue weighted by Gasteiger charge is -2.23. The maximum absolute atomic E-state index is 11.1. The second-order valence-corrected chi connectivity index (χ2v) is 2.96. The fourth-order valence-electron chi connectivity index (χ4n) is 1.78. The Bertz CT molecular complexity index is 186. The molecule has 54 valence electrons. The lowest BCUT2D eigenvalue weighted by atomic mass is 10.1. The van der Waals surface area contributed by atoms with Crippen molar-refractivity contribution in [1.29, 1.82) is 0 Å². The molecule has 2 rings (SSSR count). The van der Waals surface area contributed by atoms with Gasteiger partial charge < -0.3 is 0 Å². The number of hydrogen-bond acceptors (Lipinski definition) is 2. The third-order valence-electron chi connectivity index (χ3n) is 2.31. The number of nitrogens with zero attached hydrogens (tertiary/aromatic N) is 1. The van der Waals surface area contributed by atoms with Gasteiger partial charge in [-0.2, -0.15) is 0 Å². The maximum Gasteiger partial charge on any atom is 0.172 e. The highest BCUT2D eigenvalue weighted by Gasteiger charge is 2.30. The van der Waals surface area contributed by atoms with E-state index in [1.54, 1.807) is 6.08 Å². The molecule has 2 aliphatic rings. The van der Waals surface area contributed by atoms with Gasteiger partial charge in [-0.25, -0.2) is 0 Å². The Morgan fingerprint density at radius 2 is 2.50 bits per heavy atom. The summed E-state index contributed by atoms with van der Waals surface area (Å²) in [6.07, 6.45) is 5.96. The molecule has 0 aromatic carbocycles. The van der Waals surface area contributed by atoms with Crippen molar-refractivity contribution in [2.45, 2.75) is 18.9 Å². The van der Waals surface area contributed by atoms with Gasteiger partial charge in [0.05, 0.1) is 6.04 Å². The normalized spacial score (nSPS) is 32.8. The smallest absolute Gasteiger partial charge is 0.172 e. The Kier molecular flexibility index (Phi) is 1.34. The highest BCUT2D eigenvalue weighted by atomic mass is 16.1. The molecular weight excluding hydrogens is 126 g/mol. The van der Waals surface area contributed by atoms with E-state index in [4.69, 9.17) is 0 Å². The number of fused-ring (bicyclic) bond motifs is 1. The second kappa shape index (κ2) is 2.20. The molecule has 0 radical (unpaired) electrons. The molecule has 0 spiro atoms. The summed E-state index contributed by atoms with van der Waals surface area (Å²) in [5.74, 6) is 0.309. The highest BCUT2D eigenvalue weighted by molar-refractivity contribution is 5.95. The van der Waals surface area contributed by atoms with Crippen molar-refractivity contribution >= 4 is 5.78 Å². The third-order valence-corrected chi connectivity index (χ3v) is 2.31. The van der Waals surface area contributed by atoms with Crippen LogP contribution in [0.1, 0.15) is 12.8 Å². The van der Waals surface area contributed by atoms with Gasteiger partial charge in [0.2, 0.25) is 0 Å². The van der Waals surface area contributed by atoms with Gasteiger partial charge >= 0.3 is 0 Å². The molecule has 0 amide bonds. The van der Waals surface area contributed by atoms with E-state index in [-0.39, 0.29) is 6.04 Å². The molecule has 0 aliphatic carbocycles. The second-order valence-electron chi connectivity index (χ2n) is 2.96. The minimum absolute atomic E-state index is 0.241. The van der Waals surface area contributed by atoms with Crippen LogP contribution in [0.2, 0.25) is 0 Å². The van der Waals surface area contributed by atoms with Gasteiger partial charge in [0.25, 0.3) is 0 Å². The minimum atomic E-state index is 0.241. The summed E-state index contributed by atoms with van der Waals surface area (Å²) in [4.78, 5) is 13.4. The van der Waals surface area contributed by atoms with Crippen molar-refractivity contribution in [2.75, 3.05) is 13.1 Å². The molecule has 0 unspecified atom stereocenters. The van der Waals surface area contributed by atoms with Crippen LogP contribution < -0.4 is 0 Å². The van der Waals surface area contributed by atoms with Crippen molar-refractivity contribution in [3.63, 3.8) is 0 Å². The number of carbonyl (C=O) groups excluding carboxylic acids is 1. The van der Waals surface area contributed by atoms with Crippen LogP contribution in [0.5, 0.6) is 0 Å². The Morgan fingerprint density at radius 3 is 3.30 bits per heavy atom. The van der Waals surface area contributed by atoms with E-state index in [0.29, 0.717) is 5.78 Å². The van der Waals surface area contributed by atoms with E-state index in [9.17, 15) is 4.79 Å². The van der Waals surface area contributed by atoms with Crippen LogP contribution in [0, 0.1) is 0 Å². The monoisotopic (exact) mass is 137 g/mol. The quantitative estimate of drug-likeness (QED) is 0.487. The summed E-state index contributed by atoms with van der Waals surface area (Å²) >= 11 is 0. The number of ketones is 1. The minimum Gasteiger partial charge on any atom is -0.293 e. The molecule has 1 saturated heterocycles. The van der Waals surface area contributed by atoms with Crippen molar-refractivity contribution < 1.29 is 4.79 Å². The molecule has 0 aromatic heterocycles. The lowest BCUT2D eigenvalue weighted by molar-refractivity contribution is -0.119. The van der Waals surface area contributed by atoms with Gasteiger partial charge in [-0.1, -0.05) is 6.08 Å². The summed E-state index contributed by atoms with van der Waals surface area (Å²) in [6, 6.07) is 0.241. The van der Waals surface area contributed by atoms with Crippen molar-refractivity contribution in [3.05, 3.63) is 12.2 Å². The van der Waals surface area contributed by atoms with Crippen LogP contribution in [0.15, 0.2) is 12.2 Å². The van der Waals surface area contributed by atoms with Crippen LogP contribution in [-0.4, -0.2) is 29.8 Å². The first-order valence-electron chi connectivity index (χ1n) is 3.82. The van der Waals surface area contributed by atoms with Crippen LogP contribution in [-0.2, 0) is 4.79 Å². The lowest BCUT2D eigenvalue weighted by Crippen LogP contribution is -2.38. The van der Waals surface area contributed by atoms with Gasteiger partial charge in [-0.15, -0.1) is 0 Å². The van der Waals surface area contributed by atoms with Crippen molar-refractivity contribution in [1.82, 2.24) is 4.90 Å². The zero-order chi connectivity index (χ0) is 6.97. The molecule has 0 N–H and O–H groups in total. The zero-order valence-electron chi connectivity index (χ0n) is 5.92. The van der Waals surface area contributed by atoms with Crippen LogP contribution >= 0.6 is 0 Å². The molecule has 0 bridgehead atoms. The average molecular weight is 137 g/mol. The van der Waals surface area contributed by atoms with E-state index in [1.165, 1.54) is 6.42 Å². The molecule has 2 heteroatoms. The first-order chi connectivity index (χ1) is 4.88.